The Bertz CT molecular complexity index is 149. The SMILES string of the molecule is C[C@@H]1CCC[C@@H](NC2CCCC2)C1. The molecule has 2 aliphatic carbocycles. The summed E-state index contributed by atoms with van der Waals surface area (Å²) in [5, 5.41) is 3.85. The third-order valence-corrected chi connectivity index (χ3v) is 3.76. The highest BCUT2D eigenvalue weighted by molar-refractivity contribution is 4.82. The van der Waals surface area contributed by atoms with Gasteiger partial charge in [0.15, 0.2) is 0 Å². The normalized spacial score (nSPS) is 36.7. The molecule has 0 spiro atoms. The van der Waals surface area contributed by atoms with Crippen molar-refractivity contribution in [1.82, 2.24) is 5.32 Å². The van der Waals surface area contributed by atoms with Gasteiger partial charge in [0.2, 0.25) is 0 Å². The van der Waals surface area contributed by atoms with Crippen LogP contribution in [-0.2, 0) is 0 Å². The van der Waals surface area contributed by atoms with E-state index in [1.54, 1.807) is 0 Å². The third kappa shape index (κ3) is 2.70. The van der Waals surface area contributed by atoms with E-state index in [2.05, 4.69) is 12.2 Å². The van der Waals surface area contributed by atoms with Gasteiger partial charge in [0.05, 0.1) is 0 Å². The lowest BCUT2D eigenvalue weighted by molar-refractivity contribution is 0.280. The Balaban J connectivity index is 1.73. The Morgan fingerprint density at radius 2 is 1.54 bits per heavy atom. The zero-order valence-electron chi connectivity index (χ0n) is 8.89. The average molecular weight is 181 g/mol. The molecule has 0 radical (unpaired) electrons. The minimum Gasteiger partial charge on any atom is -0.311 e. The quantitative estimate of drug-likeness (QED) is 0.690. The topological polar surface area (TPSA) is 12.0 Å². The van der Waals surface area contributed by atoms with Gasteiger partial charge in [-0.25, -0.2) is 0 Å². The van der Waals surface area contributed by atoms with Crippen molar-refractivity contribution >= 4 is 0 Å². The highest BCUT2D eigenvalue weighted by atomic mass is 15.0. The van der Waals surface area contributed by atoms with Crippen LogP contribution in [0.4, 0.5) is 0 Å². The summed E-state index contributed by atoms with van der Waals surface area (Å²) >= 11 is 0. The molecule has 76 valence electrons. The van der Waals surface area contributed by atoms with Crippen LogP contribution in [0.25, 0.3) is 0 Å². The van der Waals surface area contributed by atoms with Crippen LogP contribution in [-0.4, -0.2) is 12.1 Å². The van der Waals surface area contributed by atoms with Crippen molar-refractivity contribution in [2.75, 3.05) is 0 Å². The van der Waals surface area contributed by atoms with Crippen molar-refractivity contribution in [3.63, 3.8) is 0 Å². The molecule has 0 amide bonds. The molecule has 13 heavy (non-hydrogen) atoms. The lowest BCUT2D eigenvalue weighted by Crippen LogP contribution is -2.39. The van der Waals surface area contributed by atoms with E-state index in [1.165, 1.54) is 51.4 Å². The minimum atomic E-state index is 0.854. The summed E-state index contributed by atoms with van der Waals surface area (Å²) in [5.41, 5.74) is 0. The van der Waals surface area contributed by atoms with Crippen LogP contribution in [0.2, 0.25) is 0 Å². The highest BCUT2D eigenvalue weighted by Gasteiger charge is 2.22. The molecular weight excluding hydrogens is 158 g/mol. The van der Waals surface area contributed by atoms with E-state index in [0.29, 0.717) is 0 Å². The molecule has 0 saturated heterocycles. The van der Waals surface area contributed by atoms with E-state index in [-0.39, 0.29) is 0 Å². The molecule has 2 aliphatic rings. The molecular formula is C12H23N. The Morgan fingerprint density at radius 1 is 0.846 bits per heavy atom. The van der Waals surface area contributed by atoms with Crippen LogP contribution in [0.15, 0.2) is 0 Å². The predicted molar refractivity (Wildman–Crippen MR) is 56.8 cm³/mol. The maximum Gasteiger partial charge on any atom is 0.00721 e. The zero-order chi connectivity index (χ0) is 9.10. The van der Waals surface area contributed by atoms with Gasteiger partial charge in [-0.15, -0.1) is 0 Å². The van der Waals surface area contributed by atoms with E-state index in [9.17, 15) is 0 Å². The van der Waals surface area contributed by atoms with Gasteiger partial charge in [0, 0.05) is 12.1 Å². The Kier molecular flexibility index (Phi) is 3.26. The van der Waals surface area contributed by atoms with Crippen molar-refractivity contribution in [2.45, 2.75) is 70.4 Å². The average Bonchev–Trinajstić information content (AvgIpc) is 2.57. The summed E-state index contributed by atoms with van der Waals surface area (Å²) < 4.78 is 0. The predicted octanol–water partition coefficient (Wildman–Crippen LogP) is 3.10. The molecule has 0 unspecified atom stereocenters. The van der Waals surface area contributed by atoms with E-state index >= 15 is 0 Å². The van der Waals surface area contributed by atoms with Crippen molar-refractivity contribution < 1.29 is 0 Å². The van der Waals surface area contributed by atoms with E-state index in [0.717, 1.165) is 18.0 Å². The van der Waals surface area contributed by atoms with Gasteiger partial charge in [0.1, 0.15) is 0 Å². The largest absolute Gasteiger partial charge is 0.311 e. The van der Waals surface area contributed by atoms with Gasteiger partial charge in [-0.05, 0) is 31.6 Å². The summed E-state index contributed by atoms with van der Waals surface area (Å²) in [4.78, 5) is 0. The molecule has 1 nitrogen and oxygen atoms in total. The van der Waals surface area contributed by atoms with Crippen LogP contribution >= 0.6 is 0 Å². The van der Waals surface area contributed by atoms with Crippen LogP contribution < -0.4 is 5.32 Å². The van der Waals surface area contributed by atoms with Gasteiger partial charge in [-0.3, -0.25) is 0 Å². The fraction of sp³-hybridized carbons (Fsp3) is 1.00. The van der Waals surface area contributed by atoms with Gasteiger partial charge >= 0.3 is 0 Å². The van der Waals surface area contributed by atoms with E-state index in [4.69, 9.17) is 0 Å². The lowest BCUT2D eigenvalue weighted by atomic mass is 9.86. The lowest BCUT2D eigenvalue weighted by Gasteiger charge is -2.30. The zero-order valence-corrected chi connectivity index (χ0v) is 8.89. The summed E-state index contributed by atoms with van der Waals surface area (Å²) in [6.07, 6.45) is 11.6. The first-order valence-electron chi connectivity index (χ1n) is 6.10. The first-order chi connectivity index (χ1) is 6.34. The molecule has 0 aromatic heterocycles. The summed E-state index contributed by atoms with van der Waals surface area (Å²) in [5.74, 6) is 0.965. The molecule has 2 rings (SSSR count). The molecule has 0 bridgehead atoms. The standard InChI is InChI=1S/C12H23N/c1-10-5-4-8-12(9-10)13-11-6-2-3-7-11/h10-13H,2-9H2,1H3/t10-,12-/m1/s1. The maximum atomic E-state index is 3.85. The molecule has 2 saturated carbocycles. The third-order valence-electron chi connectivity index (χ3n) is 3.76. The molecule has 0 heterocycles. The highest BCUT2D eigenvalue weighted by Crippen LogP contribution is 2.26. The van der Waals surface area contributed by atoms with Gasteiger partial charge in [-0.2, -0.15) is 0 Å². The van der Waals surface area contributed by atoms with Crippen LogP contribution in [0.3, 0.4) is 0 Å². The van der Waals surface area contributed by atoms with Gasteiger partial charge in [0.25, 0.3) is 0 Å². The molecule has 0 aromatic carbocycles. The second-order valence-electron chi connectivity index (χ2n) is 5.12. The second kappa shape index (κ2) is 4.45. The fourth-order valence-corrected chi connectivity index (χ4v) is 3.01. The Morgan fingerprint density at radius 3 is 2.23 bits per heavy atom. The monoisotopic (exact) mass is 181 g/mol. The first-order valence-corrected chi connectivity index (χ1v) is 6.10. The van der Waals surface area contributed by atoms with Crippen molar-refractivity contribution in [3.8, 4) is 0 Å². The fourth-order valence-electron chi connectivity index (χ4n) is 3.01. The van der Waals surface area contributed by atoms with E-state index in [1.807, 2.05) is 0 Å². The Labute approximate surface area is 82.3 Å². The number of rotatable bonds is 2. The molecule has 0 aromatic rings. The van der Waals surface area contributed by atoms with Crippen LogP contribution in [0.5, 0.6) is 0 Å². The number of nitrogens with one attached hydrogen (secondary N) is 1. The van der Waals surface area contributed by atoms with Gasteiger partial charge in [-0.1, -0.05) is 32.6 Å². The molecule has 1 N–H and O–H groups in total. The van der Waals surface area contributed by atoms with Crippen LogP contribution in [0, 0.1) is 5.92 Å². The van der Waals surface area contributed by atoms with Crippen molar-refractivity contribution in [2.24, 2.45) is 5.92 Å². The number of hydrogen-bond acceptors (Lipinski definition) is 1. The van der Waals surface area contributed by atoms with Crippen molar-refractivity contribution in [1.29, 1.82) is 0 Å². The second-order valence-corrected chi connectivity index (χ2v) is 5.12. The summed E-state index contributed by atoms with van der Waals surface area (Å²) in [6.45, 7) is 2.41. The van der Waals surface area contributed by atoms with E-state index < -0.39 is 0 Å². The molecule has 2 atom stereocenters. The molecule has 0 aliphatic heterocycles. The van der Waals surface area contributed by atoms with Crippen molar-refractivity contribution in [3.05, 3.63) is 0 Å². The summed E-state index contributed by atoms with van der Waals surface area (Å²) in [6, 6.07) is 1.72. The maximum absolute atomic E-state index is 3.85. The molecule has 2 fully saturated rings. The first kappa shape index (κ1) is 9.51. The van der Waals surface area contributed by atoms with Gasteiger partial charge < -0.3 is 5.32 Å². The van der Waals surface area contributed by atoms with Crippen LogP contribution in [0.1, 0.15) is 58.3 Å². The summed E-state index contributed by atoms with van der Waals surface area (Å²) in [7, 11) is 0. The molecule has 1 heteroatoms. The minimum absolute atomic E-state index is 0.854. The Hall–Kier alpha value is -0.0400. The smallest absolute Gasteiger partial charge is 0.00721 e. The number of hydrogen-bond donors (Lipinski definition) is 1.